The van der Waals surface area contributed by atoms with Crippen LogP contribution in [0.25, 0.3) is 11.1 Å². The molecule has 0 fully saturated rings. The van der Waals surface area contributed by atoms with Crippen molar-refractivity contribution in [2.75, 3.05) is 34.5 Å². The van der Waals surface area contributed by atoms with Crippen LogP contribution in [0, 0.1) is 0 Å². The fraction of sp³-hybridized carbons (Fsp3) is 0.194. The maximum Gasteiger partial charge on any atom is 0.315 e. The van der Waals surface area contributed by atoms with Gasteiger partial charge in [0, 0.05) is 53.5 Å². The first-order valence-electron chi connectivity index (χ1n) is 13.2. The molecule has 11 heteroatoms. The Morgan fingerprint density at radius 1 is 0.881 bits per heavy atom. The molecule has 0 saturated carbocycles. The number of nitrogens with zero attached hydrogens (tertiary/aromatic N) is 2. The summed E-state index contributed by atoms with van der Waals surface area (Å²) in [6, 6.07) is 19.4. The lowest BCUT2D eigenvalue weighted by Crippen LogP contribution is -2.16. The first kappa shape index (κ1) is 31.8. The minimum atomic E-state index is -0.344. The highest BCUT2D eigenvalue weighted by atomic mass is 32.2. The van der Waals surface area contributed by atoms with Crippen molar-refractivity contribution >= 4 is 46.6 Å². The van der Waals surface area contributed by atoms with Gasteiger partial charge < -0.3 is 26.8 Å². The summed E-state index contributed by atoms with van der Waals surface area (Å²) in [4.78, 5) is 44.3. The van der Waals surface area contributed by atoms with Gasteiger partial charge in [-0.1, -0.05) is 18.2 Å². The van der Waals surface area contributed by atoms with E-state index in [2.05, 4.69) is 20.6 Å². The Morgan fingerprint density at radius 3 is 2.19 bits per heavy atom. The minimum Gasteiger partial charge on any atom is -0.465 e. The topological polar surface area (TPSA) is 162 Å². The average Bonchev–Trinajstić information content (AvgIpc) is 2.98. The number of aromatic nitrogens is 2. The number of rotatable bonds is 10. The molecular formula is C31H34N6O4S. The number of benzene rings is 2. The number of carbonyl (C=O) groups is 3. The van der Waals surface area contributed by atoms with E-state index >= 15 is 0 Å². The molecule has 4 aromatic rings. The second-order valence-corrected chi connectivity index (χ2v) is 9.97. The number of nitrogen functional groups attached to an aromatic ring is 1. The van der Waals surface area contributed by atoms with E-state index < -0.39 is 0 Å². The highest BCUT2D eigenvalue weighted by Gasteiger charge is 2.15. The van der Waals surface area contributed by atoms with Crippen molar-refractivity contribution in [3.05, 3.63) is 103 Å². The molecule has 1 unspecified atom stereocenters. The van der Waals surface area contributed by atoms with Gasteiger partial charge in [-0.3, -0.25) is 24.4 Å². The van der Waals surface area contributed by atoms with Gasteiger partial charge in [0.15, 0.2) is 0 Å². The normalized spacial score (nSPS) is 10.9. The van der Waals surface area contributed by atoms with Crippen LogP contribution in [0.1, 0.15) is 35.8 Å². The molecule has 218 valence electrons. The van der Waals surface area contributed by atoms with Crippen LogP contribution in [-0.4, -0.2) is 45.9 Å². The van der Waals surface area contributed by atoms with Gasteiger partial charge in [0.25, 0.3) is 5.91 Å². The van der Waals surface area contributed by atoms with E-state index in [0.29, 0.717) is 23.5 Å². The second-order valence-electron chi connectivity index (χ2n) is 8.99. The fourth-order valence-corrected chi connectivity index (χ4v) is 4.35. The number of hydrogen-bond acceptors (Lipinski definition) is 9. The molecule has 10 nitrogen and oxygen atoms in total. The number of anilines is 3. The number of thioether (sulfide) groups is 1. The van der Waals surface area contributed by atoms with Crippen molar-refractivity contribution in [1.29, 1.82) is 0 Å². The number of nitrogens with one attached hydrogen (secondary N) is 2. The Hall–Kier alpha value is -4.74. The fourth-order valence-electron chi connectivity index (χ4n) is 3.74. The first-order chi connectivity index (χ1) is 20.3. The molecule has 0 bridgehead atoms. The van der Waals surface area contributed by atoms with E-state index in [4.69, 9.17) is 16.2 Å². The Bertz CT molecular complexity index is 1470. The lowest BCUT2D eigenvalue weighted by Gasteiger charge is -2.16. The van der Waals surface area contributed by atoms with Gasteiger partial charge in [0.05, 0.1) is 18.1 Å². The van der Waals surface area contributed by atoms with Crippen molar-refractivity contribution < 1.29 is 19.1 Å². The highest BCUT2D eigenvalue weighted by Crippen LogP contribution is 2.30. The van der Waals surface area contributed by atoms with E-state index in [-0.39, 0.29) is 35.3 Å². The maximum atomic E-state index is 12.8. The molecule has 2 aromatic heterocycles. The predicted octanol–water partition coefficient (Wildman–Crippen LogP) is 4.92. The van der Waals surface area contributed by atoms with Crippen molar-refractivity contribution in [2.24, 2.45) is 5.73 Å². The maximum absolute atomic E-state index is 12.8. The standard InChI is InChI=1S/C26H28N4O4S.C5H6N2/c1-3-34-25(32)16-35-15-24(31)29-21-6-4-5-18(13-21)23-14-19(7-8-22(23)17(2)27)26(33)30-20-9-11-28-12-10-20;6-5-1-3-7-4-2-5/h4-14,17H,3,15-16,27H2,1-2H3,(H,29,31)(H,28,30,33);1-4H,(H2,6,7). The van der Waals surface area contributed by atoms with Crippen LogP contribution >= 0.6 is 11.8 Å². The molecule has 2 aromatic carbocycles. The summed E-state index contributed by atoms with van der Waals surface area (Å²) < 4.78 is 4.86. The third-order valence-electron chi connectivity index (χ3n) is 5.67. The van der Waals surface area contributed by atoms with Crippen LogP contribution in [-0.2, 0) is 14.3 Å². The van der Waals surface area contributed by atoms with Gasteiger partial charge in [-0.2, -0.15) is 0 Å². The summed E-state index contributed by atoms with van der Waals surface area (Å²) in [7, 11) is 0. The molecule has 0 spiro atoms. The molecule has 0 radical (unpaired) electrons. The van der Waals surface area contributed by atoms with Gasteiger partial charge in [0.1, 0.15) is 0 Å². The number of esters is 1. The zero-order valence-corrected chi connectivity index (χ0v) is 24.3. The quantitative estimate of drug-likeness (QED) is 0.189. The van der Waals surface area contributed by atoms with Crippen LogP contribution in [0.5, 0.6) is 0 Å². The molecule has 2 heterocycles. The van der Waals surface area contributed by atoms with Gasteiger partial charge >= 0.3 is 5.97 Å². The number of amides is 2. The van der Waals surface area contributed by atoms with E-state index in [1.54, 1.807) is 74.2 Å². The van der Waals surface area contributed by atoms with Crippen LogP contribution in [0.4, 0.5) is 17.1 Å². The minimum absolute atomic E-state index is 0.118. The second kappa shape index (κ2) is 16.5. The molecule has 2 amide bonds. The molecular weight excluding hydrogens is 552 g/mol. The third kappa shape index (κ3) is 10.3. The molecule has 0 saturated heterocycles. The third-order valence-corrected chi connectivity index (χ3v) is 6.57. The first-order valence-corrected chi connectivity index (χ1v) is 14.3. The van der Waals surface area contributed by atoms with Crippen LogP contribution < -0.4 is 22.1 Å². The van der Waals surface area contributed by atoms with Crippen LogP contribution in [0.3, 0.4) is 0 Å². The van der Waals surface area contributed by atoms with Gasteiger partial charge in [-0.15, -0.1) is 11.8 Å². The van der Waals surface area contributed by atoms with Gasteiger partial charge in [-0.25, -0.2) is 0 Å². The smallest absolute Gasteiger partial charge is 0.315 e. The zero-order chi connectivity index (χ0) is 30.3. The van der Waals surface area contributed by atoms with Crippen molar-refractivity contribution in [2.45, 2.75) is 19.9 Å². The Morgan fingerprint density at radius 2 is 1.57 bits per heavy atom. The summed E-state index contributed by atoms with van der Waals surface area (Å²) in [5.41, 5.74) is 16.5. The lowest BCUT2D eigenvalue weighted by molar-refractivity contribution is -0.139. The molecule has 0 aliphatic rings. The summed E-state index contributed by atoms with van der Waals surface area (Å²) in [5.74, 6) is -0.582. The van der Waals surface area contributed by atoms with E-state index in [9.17, 15) is 14.4 Å². The SMILES string of the molecule is CCOC(=O)CSCC(=O)Nc1cccc(-c2cc(C(=O)Nc3ccncc3)ccc2C(C)N)c1.Nc1ccncc1. The number of pyridine rings is 2. The van der Waals surface area contributed by atoms with Crippen molar-refractivity contribution in [3.63, 3.8) is 0 Å². The number of nitrogens with two attached hydrogens (primary N) is 2. The van der Waals surface area contributed by atoms with Crippen molar-refractivity contribution in [3.8, 4) is 11.1 Å². The molecule has 4 rings (SSSR count). The van der Waals surface area contributed by atoms with Crippen molar-refractivity contribution in [1.82, 2.24) is 9.97 Å². The number of carbonyl (C=O) groups excluding carboxylic acids is 3. The Labute approximate surface area is 249 Å². The van der Waals surface area contributed by atoms with E-state index in [1.807, 2.05) is 31.2 Å². The zero-order valence-electron chi connectivity index (χ0n) is 23.4. The number of hydrogen-bond donors (Lipinski definition) is 4. The van der Waals surface area contributed by atoms with Gasteiger partial charge in [-0.05, 0) is 79.1 Å². The Kier molecular flexibility index (Phi) is 12.5. The summed E-state index contributed by atoms with van der Waals surface area (Å²) in [6.07, 6.45) is 6.54. The highest BCUT2D eigenvalue weighted by molar-refractivity contribution is 8.00. The molecule has 0 aliphatic heterocycles. The van der Waals surface area contributed by atoms with Crippen LogP contribution in [0.2, 0.25) is 0 Å². The summed E-state index contributed by atoms with van der Waals surface area (Å²) in [6.45, 7) is 3.93. The molecule has 0 aliphatic carbocycles. The summed E-state index contributed by atoms with van der Waals surface area (Å²) >= 11 is 1.19. The lowest BCUT2D eigenvalue weighted by atomic mass is 9.93. The van der Waals surface area contributed by atoms with E-state index in [1.165, 1.54) is 11.8 Å². The van der Waals surface area contributed by atoms with E-state index in [0.717, 1.165) is 22.4 Å². The number of ether oxygens (including phenoxy) is 1. The molecule has 1 atom stereocenters. The largest absolute Gasteiger partial charge is 0.465 e. The van der Waals surface area contributed by atoms with Crippen LogP contribution in [0.15, 0.2) is 91.5 Å². The summed E-state index contributed by atoms with van der Waals surface area (Å²) in [5, 5.41) is 5.70. The molecule has 42 heavy (non-hydrogen) atoms. The monoisotopic (exact) mass is 586 g/mol. The average molecular weight is 587 g/mol. The molecule has 6 N–H and O–H groups in total. The predicted molar refractivity (Wildman–Crippen MR) is 168 cm³/mol. The Balaban J connectivity index is 0.000000603. The van der Waals surface area contributed by atoms with Gasteiger partial charge in [0.2, 0.25) is 5.91 Å².